The van der Waals surface area contributed by atoms with E-state index in [1.165, 1.54) is 18.4 Å². The third kappa shape index (κ3) is 2.88. The molecule has 19 heavy (non-hydrogen) atoms. The van der Waals surface area contributed by atoms with Crippen LogP contribution in [0.5, 0.6) is 11.5 Å². The Labute approximate surface area is 115 Å². The third-order valence-corrected chi connectivity index (χ3v) is 3.55. The fraction of sp³-hybridized carbons (Fsp3) is 0.214. The zero-order valence-electron chi connectivity index (χ0n) is 11.0. The van der Waals surface area contributed by atoms with Gasteiger partial charge in [-0.3, -0.25) is 0 Å². The lowest BCUT2D eigenvalue weighted by atomic mass is 10.1. The van der Waals surface area contributed by atoms with Crippen LogP contribution < -0.4 is 10.5 Å². The number of ether oxygens (including phenoxy) is 2. The molecule has 0 aliphatic rings. The number of hydrogen-bond acceptors (Lipinski definition) is 5. The van der Waals surface area contributed by atoms with Crippen molar-refractivity contribution in [2.75, 3.05) is 12.8 Å². The number of methoxy groups -OCH3 is 1. The highest BCUT2D eigenvalue weighted by atomic mass is 32.1. The summed E-state index contributed by atoms with van der Waals surface area (Å²) >= 11 is 1.29. The van der Waals surface area contributed by atoms with Gasteiger partial charge >= 0.3 is 5.97 Å². The first-order valence-electron chi connectivity index (χ1n) is 5.72. The van der Waals surface area contributed by atoms with E-state index in [9.17, 15) is 4.79 Å². The fourth-order valence-corrected chi connectivity index (χ4v) is 2.57. The van der Waals surface area contributed by atoms with Crippen LogP contribution in [0, 0.1) is 13.8 Å². The Kier molecular flexibility index (Phi) is 3.76. The lowest BCUT2D eigenvalue weighted by molar-refractivity contribution is 0.0606. The zero-order chi connectivity index (χ0) is 14.0. The standard InChI is InChI=1S/C14H15NO3S/c1-8-4-10(15)5-9(2)13(8)18-11-6-12(19-7-11)14(16)17-3/h4-7H,15H2,1-3H3. The van der Waals surface area contributed by atoms with Crippen LogP contribution in [-0.2, 0) is 4.74 Å². The summed E-state index contributed by atoms with van der Waals surface area (Å²) in [5.74, 6) is 1.04. The average molecular weight is 277 g/mol. The second-order valence-electron chi connectivity index (χ2n) is 4.22. The molecule has 0 unspecified atom stereocenters. The molecule has 1 aromatic heterocycles. The smallest absolute Gasteiger partial charge is 0.348 e. The van der Waals surface area contributed by atoms with Crippen LogP contribution >= 0.6 is 11.3 Å². The first-order chi connectivity index (χ1) is 9.01. The molecular formula is C14H15NO3S. The first kappa shape index (κ1) is 13.4. The van der Waals surface area contributed by atoms with Crippen LogP contribution in [0.15, 0.2) is 23.6 Å². The highest BCUT2D eigenvalue weighted by Crippen LogP contribution is 2.33. The summed E-state index contributed by atoms with van der Waals surface area (Å²) in [5.41, 5.74) is 8.40. The number of thiophene rings is 1. The Balaban J connectivity index is 2.27. The number of aryl methyl sites for hydroxylation is 2. The van der Waals surface area contributed by atoms with Gasteiger partial charge in [0.25, 0.3) is 0 Å². The number of benzene rings is 1. The Morgan fingerprint density at radius 2 is 1.84 bits per heavy atom. The third-order valence-electron chi connectivity index (χ3n) is 2.66. The van der Waals surface area contributed by atoms with E-state index in [4.69, 9.17) is 10.5 Å². The normalized spacial score (nSPS) is 10.3. The topological polar surface area (TPSA) is 61.5 Å². The fourth-order valence-electron chi connectivity index (χ4n) is 1.84. The summed E-state index contributed by atoms with van der Waals surface area (Å²) in [6.45, 7) is 3.87. The van der Waals surface area contributed by atoms with Gasteiger partial charge in [0.05, 0.1) is 7.11 Å². The van der Waals surface area contributed by atoms with E-state index in [2.05, 4.69) is 4.74 Å². The van der Waals surface area contributed by atoms with E-state index >= 15 is 0 Å². The van der Waals surface area contributed by atoms with Crippen molar-refractivity contribution in [1.29, 1.82) is 0 Å². The minimum atomic E-state index is -0.356. The molecule has 0 spiro atoms. The number of esters is 1. The van der Waals surface area contributed by atoms with E-state index in [0.717, 1.165) is 16.9 Å². The van der Waals surface area contributed by atoms with Crippen molar-refractivity contribution in [1.82, 2.24) is 0 Å². The van der Waals surface area contributed by atoms with Crippen LogP contribution in [-0.4, -0.2) is 13.1 Å². The molecule has 2 rings (SSSR count). The number of carbonyl (C=O) groups is 1. The molecule has 2 aromatic rings. The second kappa shape index (κ2) is 5.32. The van der Waals surface area contributed by atoms with E-state index in [-0.39, 0.29) is 5.97 Å². The van der Waals surface area contributed by atoms with Gasteiger partial charge < -0.3 is 15.2 Å². The second-order valence-corrected chi connectivity index (χ2v) is 5.14. The number of anilines is 1. The van der Waals surface area contributed by atoms with Crippen LogP contribution in [0.2, 0.25) is 0 Å². The highest BCUT2D eigenvalue weighted by molar-refractivity contribution is 7.12. The SMILES string of the molecule is COC(=O)c1cc(Oc2c(C)cc(N)cc2C)cs1. The van der Waals surface area contributed by atoms with E-state index in [1.807, 2.05) is 26.0 Å². The Hall–Kier alpha value is -2.01. The van der Waals surface area contributed by atoms with Gasteiger partial charge in [0.15, 0.2) is 0 Å². The molecular weight excluding hydrogens is 262 g/mol. The van der Waals surface area contributed by atoms with Crippen molar-refractivity contribution < 1.29 is 14.3 Å². The zero-order valence-corrected chi connectivity index (χ0v) is 11.8. The summed E-state index contributed by atoms with van der Waals surface area (Å²) in [4.78, 5) is 11.9. The number of nitrogens with two attached hydrogens (primary N) is 1. The summed E-state index contributed by atoms with van der Waals surface area (Å²) in [6.07, 6.45) is 0. The van der Waals surface area contributed by atoms with Crippen molar-refractivity contribution in [3.8, 4) is 11.5 Å². The molecule has 0 saturated heterocycles. The van der Waals surface area contributed by atoms with Gasteiger partial charge in [0, 0.05) is 17.1 Å². The van der Waals surface area contributed by atoms with Crippen molar-refractivity contribution in [2.45, 2.75) is 13.8 Å². The number of nitrogen functional groups attached to an aromatic ring is 1. The van der Waals surface area contributed by atoms with E-state index in [1.54, 1.807) is 11.4 Å². The van der Waals surface area contributed by atoms with Crippen LogP contribution in [0.25, 0.3) is 0 Å². The van der Waals surface area contributed by atoms with Gasteiger partial charge in [-0.25, -0.2) is 4.79 Å². The predicted molar refractivity (Wildman–Crippen MR) is 76.1 cm³/mol. The van der Waals surface area contributed by atoms with Crippen molar-refractivity contribution in [2.24, 2.45) is 0 Å². The number of rotatable bonds is 3. The van der Waals surface area contributed by atoms with E-state index in [0.29, 0.717) is 16.3 Å². The lowest BCUT2D eigenvalue weighted by Gasteiger charge is -2.11. The molecule has 0 amide bonds. The van der Waals surface area contributed by atoms with E-state index < -0.39 is 0 Å². The molecule has 0 aliphatic carbocycles. The van der Waals surface area contributed by atoms with Gasteiger partial charge in [-0.2, -0.15) is 0 Å². The maximum atomic E-state index is 11.4. The molecule has 0 bridgehead atoms. The summed E-state index contributed by atoms with van der Waals surface area (Å²) in [5, 5.41) is 1.78. The van der Waals surface area contributed by atoms with Gasteiger partial charge in [-0.15, -0.1) is 11.3 Å². The lowest BCUT2D eigenvalue weighted by Crippen LogP contribution is -1.97. The summed E-state index contributed by atoms with van der Waals surface area (Å²) in [7, 11) is 1.36. The van der Waals surface area contributed by atoms with Crippen molar-refractivity contribution in [3.63, 3.8) is 0 Å². The number of hydrogen-bond donors (Lipinski definition) is 1. The highest BCUT2D eigenvalue weighted by Gasteiger charge is 2.12. The summed E-state index contributed by atoms with van der Waals surface area (Å²) in [6, 6.07) is 5.39. The minimum Gasteiger partial charge on any atom is -0.465 e. The van der Waals surface area contributed by atoms with Gasteiger partial charge in [0.1, 0.15) is 16.4 Å². The molecule has 100 valence electrons. The Morgan fingerprint density at radius 3 is 2.42 bits per heavy atom. The molecule has 2 N–H and O–H groups in total. The summed E-state index contributed by atoms with van der Waals surface area (Å²) < 4.78 is 10.5. The predicted octanol–water partition coefficient (Wildman–Crippen LogP) is 3.53. The molecule has 1 heterocycles. The molecule has 0 saturated carbocycles. The van der Waals surface area contributed by atoms with Crippen LogP contribution in [0.3, 0.4) is 0 Å². The molecule has 4 nitrogen and oxygen atoms in total. The van der Waals surface area contributed by atoms with Crippen molar-refractivity contribution in [3.05, 3.63) is 39.6 Å². The maximum absolute atomic E-state index is 11.4. The molecule has 5 heteroatoms. The molecule has 0 atom stereocenters. The largest absolute Gasteiger partial charge is 0.465 e. The van der Waals surface area contributed by atoms with Crippen LogP contribution in [0.1, 0.15) is 20.8 Å². The molecule has 1 aromatic carbocycles. The number of carbonyl (C=O) groups excluding carboxylic acids is 1. The first-order valence-corrected chi connectivity index (χ1v) is 6.60. The Bertz CT molecular complexity index is 596. The van der Waals surface area contributed by atoms with Gasteiger partial charge in [-0.05, 0) is 37.1 Å². The van der Waals surface area contributed by atoms with Gasteiger partial charge in [-0.1, -0.05) is 0 Å². The van der Waals surface area contributed by atoms with Crippen molar-refractivity contribution >= 4 is 23.0 Å². The maximum Gasteiger partial charge on any atom is 0.348 e. The van der Waals surface area contributed by atoms with Gasteiger partial charge in [0.2, 0.25) is 0 Å². The average Bonchev–Trinajstić information content (AvgIpc) is 2.81. The molecule has 0 fully saturated rings. The molecule has 0 radical (unpaired) electrons. The Morgan fingerprint density at radius 1 is 1.21 bits per heavy atom. The molecule has 0 aliphatic heterocycles. The quantitative estimate of drug-likeness (QED) is 0.688. The van der Waals surface area contributed by atoms with Crippen LogP contribution in [0.4, 0.5) is 5.69 Å². The monoisotopic (exact) mass is 277 g/mol. The minimum absolute atomic E-state index is 0.356.